The van der Waals surface area contributed by atoms with Crippen LogP contribution in [0.15, 0.2) is 42.5 Å². The number of carbonyl (C=O) groups is 2. The Bertz CT molecular complexity index is 1560. The first kappa shape index (κ1) is 28.3. The number of aromatic nitrogens is 2. The van der Waals surface area contributed by atoms with Crippen LogP contribution in [0.2, 0.25) is 0 Å². The fraction of sp³-hybridized carbons (Fsp3) is 0.419. The summed E-state index contributed by atoms with van der Waals surface area (Å²) < 4.78 is 42.1. The molecule has 42 heavy (non-hydrogen) atoms. The largest absolute Gasteiger partial charge is 0.333 e. The summed E-state index contributed by atoms with van der Waals surface area (Å²) in [7, 11) is 0. The van der Waals surface area contributed by atoms with E-state index in [1.807, 2.05) is 20.8 Å². The molecule has 0 unspecified atom stereocenters. The summed E-state index contributed by atoms with van der Waals surface area (Å²) in [5.41, 5.74) is 2.45. The lowest BCUT2D eigenvalue weighted by molar-refractivity contribution is -0.120. The lowest BCUT2D eigenvalue weighted by Crippen LogP contribution is -2.60. The molecule has 2 atom stereocenters. The Labute approximate surface area is 242 Å². The first-order valence-corrected chi connectivity index (χ1v) is 14.2. The maximum Gasteiger partial charge on any atom is 0.254 e. The molecule has 6 rings (SSSR count). The molecule has 0 saturated carbocycles. The second-order valence-electron chi connectivity index (χ2n) is 12.2. The van der Waals surface area contributed by atoms with E-state index in [1.54, 1.807) is 28.0 Å². The molecular weight excluding hydrogens is 545 g/mol. The van der Waals surface area contributed by atoms with Crippen LogP contribution < -0.4 is 10.2 Å². The van der Waals surface area contributed by atoms with Crippen LogP contribution in [0.5, 0.6) is 0 Å². The monoisotopic (exact) mass is 578 g/mol. The van der Waals surface area contributed by atoms with Crippen molar-refractivity contribution < 1.29 is 22.8 Å². The Kier molecular flexibility index (Phi) is 7.26. The third-order valence-electron chi connectivity index (χ3n) is 8.48. The lowest BCUT2D eigenvalue weighted by atomic mass is 9.91. The van der Waals surface area contributed by atoms with Gasteiger partial charge >= 0.3 is 0 Å². The Hall–Kier alpha value is -3.83. The van der Waals surface area contributed by atoms with Gasteiger partial charge in [-0.05, 0) is 36.8 Å². The molecule has 3 aliphatic heterocycles. The van der Waals surface area contributed by atoms with Crippen molar-refractivity contribution in [2.75, 3.05) is 37.6 Å². The second kappa shape index (κ2) is 10.8. The predicted octanol–water partition coefficient (Wildman–Crippen LogP) is 3.43. The average molecular weight is 579 g/mol. The van der Waals surface area contributed by atoms with E-state index in [2.05, 4.69) is 20.4 Å². The van der Waals surface area contributed by atoms with Crippen molar-refractivity contribution in [3.8, 4) is 0 Å². The van der Waals surface area contributed by atoms with Crippen LogP contribution in [0.1, 0.15) is 53.6 Å². The number of nitrogens with one attached hydrogen (secondary N) is 1. The summed E-state index contributed by atoms with van der Waals surface area (Å²) in [4.78, 5) is 32.4. The zero-order valence-electron chi connectivity index (χ0n) is 23.8. The normalized spacial score (nSPS) is 21.5. The second-order valence-corrected chi connectivity index (χ2v) is 12.2. The molecule has 2 amide bonds. The van der Waals surface area contributed by atoms with Crippen molar-refractivity contribution in [1.82, 2.24) is 25.3 Å². The van der Waals surface area contributed by atoms with Crippen LogP contribution >= 0.6 is 0 Å². The standard InChI is InChI=1S/C31H33F3N6O2/c1-18-13-38(22(12-35-18)14-39-15-24-23(30(39)42)5-4-6-25(24)33)16-28(41)40-17-31(2,3)29-27(40)11-21(36-37-29)9-19-7-8-20(32)10-26(19)34/h4-8,10-11,18,22,35H,9,12-17H2,1-3H3/t18-,22-/m1/s1. The van der Waals surface area contributed by atoms with Crippen molar-refractivity contribution >= 4 is 17.5 Å². The minimum atomic E-state index is -0.660. The molecule has 8 nitrogen and oxygen atoms in total. The highest BCUT2D eigenvalue weighted by molar-refractivity contribution is 5.98. The van der Waals surface area contributed by atoms with Gasteiger partial charge in [-0.15, -0.1) is 0 Å². The van der Waals surface area contributed by atoms with E-state index < -0.39 is 17.0 Å². The third kappa shape index (κ3) is 5.27. The van der Waals surface area contributed by atoms with E-state index in [4.69, 9.17) is 0 Å². The van der Waals surface area contributed by atoms with Gasteiger partial charge in [0.05, 0.1) is 23.6 Å². The molecule has 0 spiro atoms. The van der Waals surface area contributed by atoms with Crippen LogP contribution in [0.3, 0.4) is 0 Å². The van der Waals surface area contributed by atoms with Crippen molar-refractivity contribution in [2.45, 2.75) is 51.2 Å². The van der Waals surface area contributed by atoms with Crippen LogP contribution in [-0.2, 0) is 23.2 Å². The molecule has 3 aliphatic rings. The van der Waals surface area contributed by atoms with Crippen molar-refractivity contribution in [2.24, 2.45) is 0 Å². The lowest BCUT2D eigenvalue weighted by Gasteiger charge is -2.41. The number of piperazine rings is 1. The summed E-state index contributed by atoms with van der Waals surface area (Å²) in [6, 6.07) is 9.76. The van der Waals surface area contributed by atoms with Gasteiger partial charge in [0.2, 0.25) is 5.91 Å². The fourth-order valence-corrected chi connectivity index (χ4v) is 6.25. The number of nitrogens with zero attached hydrogens (tertiary/aromatic N) is 5. The van der Waals surface area contributed by atoms with Gasteiger partial charge in [0.25, 0.3) is 5.91 Å². The SMILES string of the molecule is C[C@@H]1CN(CC(=O)N2CC(C)(C)c3nnc(Cc4ccc(F)cc4F)cc32)[C@@H](CN2Cc3c(F)cccc3C2=O)CN1. The topological polar surface area (TPSA) is 81.7 Å². The molecule has 2 aromatic carbocycles. The van der Waals surface area contributed by atoms with Crippen LogP contribution in [0.4, 0.5) is 18.9 Å². The number of anilines is 1. The van der Waals surface area contributed by atoms with Gasteiger partial charge in [0, 0.05) is 73.8 Å². The zero-order chi connectivity index (χ0) is 29.8. The van der Waals surface area contributed by atoms with E-state index in [9.17, 15) is 22.8 Å². The highest BCUT2D eigenvalue weighted by Gasteiger charge is 2.42. The average Bonchev–Trinajstić information content (AvgIpc) is 3.40. The summed E-state index contributed by atoms with van der Waals surface area (Å²) >= 11 is 0. The Balaban J connectivity index is 1.20. The number of hydrogen-bond acceptors (Lipinski definition) is 6. The van der Waals surface area contributed by atoms with Crippen molar-refractivity contribution in [3.05, 3.63) is 88.0 Å². The quantitative estimate of drug-likeness (QED) is 0.483. The minimum Gasteiger partial charge on any atom is -0.333 e. The summed E-state index contributed by atoms with van der Waals surface area (Å²) in [5, 5.41) is 12.2. The number of rotatable bonds is 6. The fourth-order valence-electron chi connectivity index (χ4n) is 6.25. The maximum atomic E-state index is 14.4. The summed E-state index contributed by atoms with van der Waals surface area (Å²) in [6.07, 6.45) is 0.110. The minimum absolute atomic E-state index is 0.110. The molecule has 0 aliphatic carbocycles. The van der Waals surface area contributed by atoms with Gasteiger partial charge in [-0.3, -0.25) is 14.5 Å². The first-order valence-electron chi connectivity index (χ1n) is 14.2. The van der Waals surface area contributed by atoms with Gasteiger partial charge in [0.15, 0.2) is 0 Å². The zero-order valence-corrected chi connectivity index (χ0v) is 23.8. The van der Waals surface area contributed by atoms with E-state index in [0.29, 0.717) is 54.4 Å². The molecule has 1 saturated heterocycles. The number of fused-ring (bicyclic) bond motifs is 2. The molecule has 1 fully saturated rings. The maximum absolute atomic E-state index is 14.4. The molecule has 0 bridgehead atoms. The summed E-state index contributed by atoms with van der Waals surface area (Å²) in [5.74, 6) is -2.01. The first-order chi connectivity index (χ1) is 20.0. The number of benzene rings is 2. The number of carbonyl (C=O) groups excluding carboxylic acids is 2. The van der Waals surface area contributed by atoms with Crippen LogP contribution in [0.25, 0.3) is 0 Å². The molecule has 11 heteroatoms. The van der Waals surface area contributed by atoms with Crippen LogP contribution in [-0.4, -0.2) is 76.6 Å². The smallest absolute Gasteiger partial charge is 0.254 e. The predicted molar refractivity (Wildman–Crippen MR) is 151 cm³/mol. The van der Waals surface area contributed by atoms with Gasteiger partial charge in [-0.1, -0.05) is 26.0 Å². The van der Waals surface area contributed by atoms with E-state index >= 15 is 0 Å². The number of amides is 2. The molecule has 1 aromatic heterocycles. The van der Waals surface area contributed by atoms with E-state index in [0.717, 1.165) is 6.07 Å². The van der Waals surface area contributed by atoms with Gasteiger partial charge in [-0.2, -0.15) is 10.2 Å². The van der Waals surface area contributed by atoms with Crippen molar-refractivity contribution in [3.63, 3.8) is 0 Å². The Morgan fingerprint density at radius 1 is 1.10 bits per heavy atom. The molecular formula is C31H33F3N6O2. The van der Waals surface area contributed by atoms with Crippen molar-refractivity contribution in [1.29, 1.82) is 0 Å². The molecule has 1 N–H and O–H groups in total. The highest BCUT2D eigenvalue weighted by atomic mass is 19.1. The molecule has 220 valence electrons. The highest BCUT2D eigenvalue weighted by Crippen LogP contribution is 2.39. The molecule has 0 radical (unpaired) electrons. The van der Waals surface area contributed by atoms with E-state index in [1.165, 1.54) is 18.2 Å². The van der Waals surface area contributed by atoms with Gasteiger partial charge in [0.1, 0.15) is 17.5 Å². The molecule has 4 heterocycles. The molecule has 3 aromatic rings. The summed E-state index contributed by atoms with van der Waals surface area (Å²) in [6.45, 7) is 8.34. The number of halogens is 3. The number of hydrogen-bond donors (Lipinski definition) is 1. The third-order valence-corrected chi connectivity index (χ3v) is 8.48. The van der Waals surface area contributed by atoms with E-state index in [-0.39, 0.29) is 54.8 Å². The van der Waals surface area contributed by atoms with Gasteiger partial charge < -0.3 is 15.1 Å². The van der Waals surface area contributed by atoms with Crippen LogP contribution in [0, 0.1) is 17.5 Å². The van der Waals surface area contributed by atoms with Gasteiger partial charge in [-0.25, -0.2) is 13.2 Å². The Morgan fingerprint density at radius 3 is 2.67 bits per heavy atom. The Morgan fingerprint density at radius 2 is 1.90 bits per heavy atom.